The molecule has 0 fully saturated rings. The molecule has 0 aliphatic carbocycles. The van der Waals surface area contributed by atoms with E-state index in [4.69, 9.17) is 0 Å². The summed E-state index contributed by atoms with van der Waals surface area (Å²) in [6, 6.07) is 1.94. The van der Waals surface area contributed by atoms with E-state index in [2.05, 4.69) is 4.98 Å². The summed E-state index contributed by atoms with van der Waals surface area (Å²) in [5.41, 5.74) is 1.33. The standard InChI is InChI=1S/C12H19NO/c1-5-12(14,9(2)3)11-8-13-7-6-10(11)4/h6-9,14H,5H2,1-4H3. The van der Waals surface area contributed by atoms with Crippen LogP contribution in [0.1, 0.15) is 38.3 Å². The second-order valence-corrected chi connectivity index (χ2v) is 4.12. The van der Waals surface area contributed by atoms with Crippen molar-refractivity contribution in [1.82, 2.24) is 4.98 Å². The van der Waals surface area contributed by atoms with Gasteiger partial charge in [0.15, 0.2) is 0 Å². The molecule has 0 bridgehead atoms. The van der Waals surface area contributed by atoms with E-state index < -0.39 is 5.60 Å². The third kappa shape index (κ3) is 1.80. The first-order valence-electron chi connectivity index (χ1n) is 5.15. The van der Waals surface area contributed by atoms with E-state index >= 15 is 0 Å². The number of aromatic nitrogens is 1. The van der Waals surface area contributed by atoms with Gasteiger partial charge in [-0.15, -0.1) is 0 Å². The van der Waals surface area contributed by atoms with Gasteiger partial charge in [0.25, 0.3) is 0 Å². The van der Waals surface area contributed by atoms with Gasteiger partial charge in [-0.25, -0.2) is 0 Å². The van der Waals surface area contributed by atoms with E-state index in [0.717, 1.165) is 17.5 Å². The number of hydrogen-bond acceptors (Lipinski definition) is 2. The molecule has 2 heteroatoms. The normalized spacial score (nSPS) is 15.6. The van der Waals surface area contributed by atoms with E-state index in [1.165, 1.54) is 0 Å². The van der Waals surface area contributed by atoms with Gasteiger partial charge < -0.3 is 5.11 Å². The van der Waals surface area contributed by atoms with Crippen LogP contribution in [0.2, 0.25) is 0 Å². The highest BCUT2D eigenvalue weighted by atomic mass is 16.3. The van der Waals surface area contributed by atoms with Crippen LogP contribution in [0.25, 0.3) is 0 Å². The van der Waals surface area contributed by atoms with Crippen LogP contribution in [0.3, 0.4) is 0 Å². The smallest absolute Gasteiger partial charge is 0.0934 e. The summed E-state index contributed by atoms with van der Waals surface area (Å²) in [4.78, 5) is 4.08. The lowest BCUT2D eigenvalue weighted by Crippen LogP contribution is -2.32. The topological polar surface area (TPSA) is 33.1 Å². The molecule has 0 aliphatic heterocycles. The van der Waals surface area contributed by atoms with Gasteiger partial charge in [-0.05, 0) is 30.9 Å². The highest BCUT2D eigenvalue weighted by Gasteiger charge is 2.32. The molecule has 0 spiro atoms. The van der Waals surface area contributed by atoms with Crippen LogP contribution in [-0.2, 0) is 5.60 Å². The van der Waals surface area contributed by atoms with Crippen molar-refractivity contribution in [3.63, 3.8) is 0 Å². The minimum Gasteiger partial charge on any atom is -0.385 e. The van der Waals surface area contributed by atoms with Gasteiger partial charge in [-0.3, -0.25) is 4.98 Å². The van der Waals surface area contributed by atoms with Gasteiger partial charge in [0, 0.05) is 18.0 Å². The fourth-order valence-corrected chi connectivity index (χ4v) is 1.83. The van der Waals surface area contributed by atoms with E-state index in [1.54, 1.807) is 12.4 Å². The summed E-state index contributed by atoms with van der Waals surface area (Å²) >= 11 is 0. The number of hydrogen-bond donors (Lipinski definition) is 1. The minimum atomic E-state index is -0.738. The molecule has 1 heterocycles. The first-order valence-corrected chi connectivity index (χ1v) is 5.15. The number of aliphatic hydroxyl groups is 1. The Morgan fingerprint density at radius 2 is 2.14 bits per heavy atom. The van der Waals surface area contributed by atoms with Crippen molar-refractivity contribution >= 4 is 0 Å². The van der Waals surface area contributed by atoms with Gasteiger partial charge in [0.05, 0.1) is 5.60 Å². The molecule has 1 rings (SSSR count). The molecule has 14 heavy (non-hydrogen) atoms. The zero-order valence-electron chi connectivity index (χ0n) is 9.41. The summed E-state index contributed by atoms with van der Waals surface area (Å²) in [6.07, 6.45) is 4.26. The molecule has 1 aromatic heterocycles. The van der Waals surface area contributed by atoms with Crippen LogP contribution >= 0.6 is 0 Å². The van der Waals surface area contributed by atoms with Crippen LogP contribution in [-0.4, -0.2) is 10.1 Å². The molecule has 1 N–H and O–H groups in total. The van der Waals surface area contributed by atoms with Crippen molar-refractivity contribution < 1.29 is 5.11 Å². The molecule has 1 atom stereocenters. The highest BCUT2D eigenvalue weighted by Crippen LogP contribution is 2.33. The minimum absolute atomic E-state index is 0.204. The van der Waals surface area contributed by atoms with E-state index in [-0.39, 0.29) is 5.92 Å². The van der Waals surface area contributed by atoms with Gasteiger partial charge in [-0.1, -0.05) is 20.8 Å². The Balaban J connectivity index is 3.19. The maximum absolute atomic E-state index is 10.5. The van der Waals surface area contributed by atoms with Crippen LogP contribution < -0.4 is 0 Å². The molecule has 0 aliphatic rings. The molecular weight excluding hydrogens is 174 g/mol. The number of aryl methyl sites for hydroxylation is 1. The second-order valence-electron chi connectivity index (χ2n) is 4.12. The van der Waals surface area contributed by atoms with Gasteiger partial charge in [0.2, 0.25) is 0 Å². The van der Waals surface area contributed by atoms with Crippen LogP contribution in [0.4, 0.5) is 0 Å². The summed E-state index contributed by atoms with van der Waals surface area (Å²) in [5.74, 6) is 0.204. The van der Waals surface area contributed by atoms with E-state index in [1.807, 2.05) is 33.8 Å². The predicted octanol–water partition coefficient (Wildman–Crippen LogP) is 2.64. The first-order chi connectivity index (χ1) is 6.52. The highest BCUT2D eigenvalue weighted by molar-refractivity contribution is 5.28. The molecule has 0 amide bonds. The largest absolute Gasteiger partial charge is 0.385 e. The van der Waals surface area contributed by atoms with Crippen molar-refractivity contribution in [3.05, 3.63) is 29.6 Å². The van der Waals surface area contributed by atoms with E-state index in [0.29, 0.717) is 0 Å². The average molecular weight is 193 g/mol. The Labute approximate surface area is 86.0 Å². The molecule has 0 saturated carbocycles. The Kier molecular flexibility index (Phi) is 3.27. The summed E-state index contributed by atoms with van der Waals surface area (Å²) in [5, 5.41) is 10.5. The molecule has 0 aromatic carbocycles. The Bertz CT molecular complexity index is 309. The van der Waals surface area contributed by atoms with Crippen LogP contribution in [0, 0.1) is 12.8 Å². The fraction of sp³-hybridized carbons (Fsp3) is 0.583. The Hall–Kier alpha value is -0.890. The third-order valence-electron chi connectivity index (χ3n) is 3.00. The van der Waals surface area contributed by atoms with Gasteiger partial charge >= 0.3 is 0 Å². The number of pyridine rings is 1. The summed E-state index contributed by atoms with van der Waals surface area (Å²) in [6.45, 7) is 8.10. The fourth-order valence-electron chi connectivity index (χ4n) is 1.83. The van der Waals surface area contributed by atoms with Crippen LogP contribution in [0.15, 0.2) is 18.5 Å². The second kappa shape index (κ2) is 4.09. The maximum atomic E-state index is 10.5. The summed E-state index contributed by atoms with van der Waals surface area (Å²) < 4.78 is 0. The third-order valence-corrected chi connectivity index (χ3v) is 3.00. The zero-order valence-corrected chi connectivity index (χ0v) is 9.41. The first kappa shape index (κ1) is 11.2. The molecule has 2 nitrogen and oxygen atoms in total. The van der Waals surface area contributed by atoms with Crippen molar-refractivity contribution in [1.29, 1.82) is 0 Å². The zero-order chi connectivity index (χ0) is 10.8. The number of nitrogens with zero attached hydrogens (tertiary/aromatic N) is 1. The van der Waals surface area contributed by atoms with Gasteiger partial charge in [-0.2, -0.15) is 0 Å². The van der Waals surface area contributed by atoms with Crippen LogP contribution in [0.5, 0.6) is 0 Å². The molecular formula is C12H19NO. The maximum Gasteiger partial charge on any atom is 0.0934 e. The SMILES string of the molecule is CCC(O)(c1cnccc1C)C(C)C. The quantitative estimate of drug-likeness (QED) is 0.800. The molecule has 78 valence electrons. The predicted molar refractivity (Wildman–Crippen MR) is 58.0 cm³/mol. The lowest BCUT2D eigenvalue weighted by Gasteiger charge is -2.32. The average Bonchev–Trinajstić information content (AvgIpc) is 2.17. The number of rotatable bonds is 3. The van der Waals surface area contributed by atoms with Crippen molar-refractivity contribution in [2.24, 2.45) is 5.92 Å². The van der Waals surface area contributed by atoms with Crippen molar-refractivity contribution in [3.8, 4) is 0 Å². The summed E-state index contributed by atoms with van der Waals surface area (Å²) in [7, 11) is 0. The monoisotopic (exact) mass is 193 g/mol. The van der Waals surface area contributed by atoms with Crippen molar-refractivity contribution in [2.75, 3.05) is 0 Å². The van der Waals surface area contributed by atoms with Gasteiger partial charge in [0.1, 0.15) is 0 Å². The lowest BCUT2D eigenvalue weighted by molar-refractivity contribution is -0.0148. The molecule has 0 radical (unpaired) electrons. The Morgan fingerprint density at radius 3 is 2.57 bits per heavy atom. The van der Waals surface area contributed by atoms with Crippen molar-refractivity contribution in [2.45, 2.75) is 39.7 Å². The van der Waals surface area contributed by atoms with E-state index in [9.17, 15) is 5.11 Å². The molecule has 1 unspecified atom stereocenters. The molecule has 1 aromatic rings. The Morgan fingerprint density at radius 1 is 1.50 bits per heavy atom. The lowest BCUT2D eigenvalue weighted by atomic mass is 9.80. The molecule has 0 saturated heterocycles.